The number of benzene rings is 3. The lowest BCUT2D eigenvalue weighted by Gasteiger charge is -2.10. The van der Waals surface area contributed by atoms with E-state index in [4.69, 9.17) is 0 Å². The van der Waals surface area contributed by atoms with Crippen molar-refractivity contribution in [3.63, 3.8) is 0 Å². The summed E-state index contributed by atoms with van der Waals surface area (Å²) in [5.41, 5.74) is 2.56. The van der Waals surface area contributed by atoms with Gasteiger partial charge in [-0.15, -0.1) is 11.3 Å². The molecular formula is C22H13NS. The molecule has 0 spiro atoms. The number of pyridine rings is 1. The first kappa shape index (κ1) is 12.6. The fourth-order valence-electron chi connectivity index (χ4n) is 3.97. The molecule has 0 N–H and O–H groups in total. The van der Waals surface area contributed by atoms with Gasteiger partial charge in [0.05, 0.1) is 11.0 Å². The summed E-state index contributed by atoms with van der Waals surface area (Å²) >= 11 is 1.90. The van der Waals surface area contributed by atoms with E-state index in [9.17, 15) is 0 Å². The zero-order valence-corrected chi connectivity index (χ0v) is 13.7. The molecule has 0 saturated heterocycles. The topological polar surface area (TPSA) is 4.41 Å². The molecule has 24 heavy (non-hydrogen) atoms. The third kappa shape index (κ3) is 1.44. The second kappa shape index (κ2) is 4.37. The van der Waals surface area contributed by atoms with E-state index in [2.05, 4.69) is 83.4 Å². The van der Waals surface area contributed by atoms with Gasteiger partial charge in [-0.3, -0.25) is 0 Å². The molecule has 0 amide bonds. The number of hydrogen-bond acceptors (Lipinski definition) is 1. The molecule has 0 radical (unpaired) electrons. The van der Waals surface area contributed by atoms with E-state index >= 15 is 0 Å². The van der Waals surface area contributed by atoms with Crippen LogP contribution in [0.4, 0.5) is 0 Å². The van der Waals surface area contributed by atoms with E-state index in [0.717, 1.165) is 0 Å². The summed E-state index contributed by atoms with van der Waals surface area (Å²) in [6, 6.07) is 26.4. The van der Waals surface area contributed by atoms with E-state index in [1.165, 1.54) is 47.4 Å². The van der Waals surface area contributed by atoms with Crippen molar-refractivity contribution in [2.45, 2.75) is 0 Å². The maximum absolute atomic E-state index is 2.32. The van der Waals surface area contributed by atoms with Gasteiger partial charge in [-0.25, -0.2) is 0 Å². The van der Waals surface area contributed by atoms with Crippen molar-refractivity contribution in [2.75, 3.05) is 0 Å². The summed E-state index contributed by atoms with van der Waals surface area (Å²) < 4.78 is 5.07. The highest BCUT2D eigenvalue weighted by Crippen LogP contribution is 2.41. The van der Waals surface area contributed by atoms with Crippen LogP contribution in [0.5, 0.6) is 0 Å². The van der Waals surface area contributed by atoms with Gasteiger partial charge >= 0.3 is 0 Å². The molecule has 0 aliphatic carbocycles. The highest BCUT2D eigenvalue weighted by atomic mass is 32.1. The lowest BCUT2D eigenvalue weighted by atomic mass is 10.0. The standard InChI is InChI=1S/C22H13NS/c1-3-8-18-14(6-1)16-11-12-17-15-7-2-4-10-20(15)24-22(17)21(16)19-9-5-13-23(18)19/h1-13H. The van der Waals surface area contributed by atoms with Crippen LogP contribution in [-0.4, -0.2) is 4.40 Å². The van der Waals surface area contributed by atoms with E-state index in [1.54, 1.807) is 0 Å². The number of thiophene rings is 1. The maximum Gasteiger partial charge on any atom is 0.0549 e. The van der Waals surface area contributed by atoms with Crippen molar-refractivity contribution < 1.29 is 0 Å². The Hall–Kier alpha value is -2.84. The van der Waals surface area contributed by atoms with Gasteiger partial charge in [0.2, 0.25) is 0 Å². The lowest BCUT2D eigenvalue weighted by molar-refractivity contribution is 1.29. The van der Waals surface area contributed by atoms with Crippen LogP contribution in [0.1, 0.15) is 0 Å². The molecule has 112 valence electrons. The average Bonchev–Trinajstić information content (AvgIpc) is 3.26. The molecular weight excluding hydrogens is 310 g/mol. The summed E-state index contributed by atoms with van der Waals surface area (Å²) in [6.07, 6.45) is 2.17. The number of rotatable bonds is 0. The molecule has 0 bridgehead atoms. The van der Waals surface area contributed by atoms with E-state index < -0.39 is 0 Å². The molecule has 0 fully saturated rings. The number of aromatic nitrogens is 1. The van der Waals surface area contributed by atoms with Gasteiger partial charge in [-0.05, 0) is 29.7 Å². The van der Waals surface area contributed by atoms with Crippen LogP contribution < -0.4 is 0 Å². The predicted molar refractivity (Wildman–Crippen MR) is 105 cm³/mol. The Morgan fingerprint density at radius 3 is 2.29 bits per heavy atom. The van der Waals surface area contributed by atoms with Gasteiger partial charge in [0.15, 0.2) is 0 Å². The molecule has 3 aromatic carbocycles. The number of para-hydroxylation sites is 1. The monoisotopic (exact) mass is 323 g/mol. The second-order valence-electron chi connectivity index (χ2n) is 6.24. The van der Waals surface area contributed by atoms with E-state index in [0.29, 0.717) is 0 Å². The minimum Gasteiger partial charge on any atom is -0.316 e. The van der Waals surface area contributed by atoms with Crippen LogP contribution in [0.3, 0.4) is 0 Å². The molecule has 0 unspecified atom stereocenters. The number of fused-ring (bicyclic) bond motifs is 10. The first-order valence-corrected chi connectivity index (χ1v) is 8.95. The summed E-state index contributed by atoms with van der Waals surface area (Å²) in [5.74, 6) is 0. The van der Waals surface area contributed by atoms with Crippen molar-refractivity contribution >= 4 is 58.7 Å². The highest BCUT2D eigenvalue weighted by molar-refractivity contribution is 7.26. The highest BCUT2D eigenvalue weighted by Gasteiger charge is 2.13. The lowest BCUT2D eigenvalue weighted by Crippen LogP contribution is -1.89. The minimum absolute atomic E-state index is 1.27. The Bertz CT molecular complexity index is 1400. The van der Waals surface area contributed by atoms with Crippen molar-refractivity contribution in [3.8, 4) is 0 Å². The van der Waals surface area contributed by atoms with Crippen molar-refractivity contribution in [3.05, 3.63) is 79.0 Å². The summed E-state index contributed by atoms with van der Waals surface area (Å²) in [5, 5.41) is 6.75. The minimum atomic E-state index is 1.27. The molecule has 0 aliphatic heterocycles. The molecule has 6 rings (SSSR count). The molecule has 3 aromatic heterocycles. The Kier molecular flexibility index (Phi) is 2.29. The van der Waals surface area contributed by atoms with Crippen LogP contribution >= 0.6 is 11.3 Å². The van der Waals surface area contributed by atoms with Gasteiger partial charge in [0.1, 0.15) is 0 Å². The van der Waals surface area contributed by atoms with Gasteiger partial charge in [0.25, 0.3) is 0 Å². The summed E-state index contributed by atoms with van der Waals surface area (Å²) in [6.45, 7) is 0. The summed E-state index contributed by atoms with van der Waals surface area (Å²) in [7, 11) is 0. The zero-order valence-electron chi connectivity index (χ0n) is 12.9. The first-order chi connectivity index (χ1) is 11.9. The van der Waals surface area contributed by atoms with Crippen molar-refractivity contribution in [1.29, 1.82) is 0 Å². The molecule has 0 aliphatic rings. The summed E-state index contributed by atoms with van der Waals surface area (Å²) in [4.78, 5) is 0. The fourth-order valence-corrected chi connectivity index (χ4v) is 5.23. The Labute approximate surface area is 142 Å². The van der Waals surface area contributed by atoms with Gasteiger partial charge in [-0.2, -0.15) is 0 Å². The number of nitrogens with zero attached hydrogens (tertiary/aromatic N) is 1. The van der Waals surface area contributed by atoms with Gasteiger partial charge in [0, 0.05) is 37.1 Å². The Balaban J connectivity index is 2.02. The first-order valence-electron chi connectivity index (χ1n) is 8.13. The molecule has 0 atom stereocenters. The maximum atomic E-state index is 2.32. The molecule has 2 heteroatoms. The van der Waals surface area contributed by atoms with Crippen LogP contribution in [0.25, 0.3) is 47.4 Å². The van der Waals surface area contributed by atoms with Crippen molar-refractivity contribution in [2.24, 2.45) is 0 Å². The average molecular weight is 323 g/mol. The smallest absolute Gasteiger partial charge is 0.0549 e. The molecule has 3 heterocycles. The number of hydrogen-bond donors (Lipinski definition) is 0. The molecule has 0 saturated carbocycles. The van der Waals surface area contributed by atoms with E-state index in [1.807, 2.05) is 11.3 Å². The SMILES string of the molecule is c1ccc2c(c1)sc1c2ccc2c3ccccc3n3cccc3c21. The van der Waals surface area contributed by atoms with Crippen LogP contribution in [-0.2, 0) is 0 Å². The third-order valence-corrected chi connectivity index (χ3v) is 6.21. The Morgan fingerprint density at radius 1 is 0.583 bits per heavy atom. The second-order valence-corrected chi connectivity index (χ2v) is 7.30. The van der Waals surface area contributed by atoms with Crippen LogP contribution in [0.2, 0.25) is 0 Å². The van der Waals surface area contributed by atoms with Crippen molar-refractivity contribution in [1.82, 2.24) is 4.40 Å². The van der Waals surface area contributed by atoms with Gasteiger partial charge < -0.3 is 4.40 Å². The normalized spacial score (nSPS) is 12.2. The van der Waals surface area contributed by atoms with Crippen LogP contribution in [0.15, 0.2) is 79.0 Å². The largest absolute Gasteiger partial charge is 0.316 e. The van der Waals surface area contributed by atoms with E-state index in [-0.39, 0.29) is 0 Å². The molecule has 1 nitrogen and oxygen atoms in total. The van der Waals surface area contributed by atoms with Gasteiger partial charge in [-0.1, -0.05) is 48.5 Å². The predicted octanol–water partition coefficient (Wildman–Crippen LogP) is 6.61. The van der Waals surface area contributed by atoms with Crippen LogP contribution in [0, 0.1) is 0 Å². The zero-order chi connectivity index (χ0) is 15.7. The third-order valence-electron chi connectivity index (χ3n) is 5.01. The quantitative estimate of drug-likeness (QED) is 0.277. The Morgan fingerprint density at radius 2 is 1.33 bits per heavy atom. The fraction of sp³-hybridized carbons (Fsp3) is 0. The molecule has 6 aromatic rings.